The van der Waals surface area contributed by atoms with E-state index in [4.69, 9.17) is 0 Å². The van der Waals surface area contributed by atoms with Gasteiger partial charge in [-0.15, -0.1) is 0 Å². The maximum absolute atomic E-state index is 12.0. The predicted molar refractivity (Wildman–Crippen MR) is 123 cm³/mol. The maximum atomic E-state index is 12.0. The van der Waals surface area contributed by atoms with Gasteiger partial charge in [0.1, 0.15) is 0 Å². The molecule has 0 bridgehead atoms. The second kappa shape index (κ2) is 10.2. The molecular weight excluding hydrogens is 372 g/mol. The Bertz CT molecular complexity index is 1160. The molecule has 0 aliphatic heterocycles. The highest BCUT2D eigenvalue weighted by Gasteiger charge is 2.02. The molecule has 2 heterocycles. The van der Waals surface area contributed by atoms with Crippen LogP contribution in [0, 0.1) is 0 Å². The Morgan fingerprint density at radius 2 is 1.23 bits per heavy atom. The molecule has 0 spiro atoms. The van der Waals surface area contributed by atoms with Crippen molar-refractivity contribution in [1.29, 1.82) is 0 Å². The first-order valence-electron chi connectivity index (χ1n) is 10.2. The molecule has 2 aromatic carbocycles. The molecule has 0 saturated carbocycles. The van der Waals surface area contributed by atoms with E-state index in [1.54, 1.807) is 21.4 Å². The van der Waals surface area contributed by atoms with E-state index in [1.807, 2.05) is 92.0 Å². The molecule has 30 heavy (non-hydrogen) atoms. The molecule has 0 fully saturated rings. The minimum Gasteiger partial charge on any atom is -0.284 e. The van der Waals surface area contributed by atoms with Crippen LogP contribution in [0.25, 0.3) is 11.4 Å². The zero-order valence-electron chi connectivity index (χ0n) is 17.4. The molecule has 4 nitrogen and oxygen atoms in total. The highest BCUT2D eigenvalue weighted by molar-refractivity contribution is 5.33. The lowest BCUT2D eigenvalue weighted by molar-refractivity contribution is 0.939. The molecule has 0 amide bonds. The molecule has 0 atom stereocenters. The van der Waals surface area contributed by atoms with Crippen LogP contribution >= 0.6 is 0 Å². The van der Waals surface area contributed by atoms with Gasteiger partial charge in [0.05, 0.1) is 0 Å². The molecule has 4 rings (SSSR count). The van der Waals surface area contributed by atoms with Crippen molar-refractivity contribution in [2.45, 2.75) is 26.7 Å². The molecule has 0 unspecified atom stereocenters. The van der Waals surface area contributed by atoms with Crippen LogP contribution in [0.1, 0.15) is 25.0 Å². The second-order valence-corrected chi connectivity index (χ2v) is 6.83. The molecule has 4 heteroatoms. The normalized spacial score (nSPS) is 10.2. The molecule has 0 N–H and O–H groups in total. The van der Waals surface area contributed by atoms with Gasteiger partial charge < -0.3 is 0 Å². The Balaban J connectivity index is 0.000000171. The third-order valence-corrected chi connectivity index (χ3v) is 4.86. The van der Waals surface area contributed by atoms with Gasteiger partial charge in [-0.3, -0.25) is 18.7 Å². The van der Waals surface area contributed by atoms with Gasteiger partial charge in [0.25, 0.3) is 11.1 Å². The smallest absolute Gasteiger partial charge is 0.258 e. The summed E-state index contributed by atoms with van der Waals surface area (Å²) in [5, 5.41) is 0. The number of hydrogen-bond donors (Lipinski definition) is 0. The van der Waals surface area contributed by atoms with E-state index in [2.05, 4.69) is 6.92 Å². The van der Waals surface area contributed by atoms with Crippen molar-refractivity contribution in [2.24, 2.45) is 0 Å². The van der Waals surface area contributed by atoms with Crippen LogP contribution in [-0.4, -0.2) is 9.13 Å². The van der Waals surface area contributed by atoms with E-state index in [0.717, 1.165) is 29.8 Å². The fourth-order valence-electron chi connectivity index (χ4n) is 3.13. The van der Waals surface area contributed by atoms with Gasteiger partial charge >= 0.3 is 0 Å². The first kappa shape index (κ1) is 21.1. The Hall–Kier alpha value is -3.66. The van der Waals surface area contributed by atoms with E-state index in [1.165, 1.54) is 5.56 Å². The van der Waals surface area contributed by atoms with E-state index >= 15 is 0 Å². The average molecular weight is 399 g/mol. The van der Waals surface area contributed by atoms with E-state index in [9.17, 15) is 9.59 Å². The lowest BCUT2D eigenvalue weighted by Crippen LogP contribution is -2.20. The summed E-state index contributed by atoms with van der Waals surface area (Å²) in [6.45, 7) is 4.07. The van der Waals surface area contributed by atoms with Gasteiger partial charge in [-0.05, 0) is 48.7 Å². The number of para-hydroxylation sites is 2. The van der Waals surface area contributed by atoms with Crippen molar-refractivity contribution in [3.8, 4) is 11.4 Å². The lowest BCUT2D eigenvalue weighted by Gasteiger charge is -2.06. The number of aryl methyl sites for hydroxylation is 2. The molecule has 0 aliphatic rings. The molecule has 2 aromatic heterocycles. The number of hydrogen-bond acceptors (Lipinski definition) is 2. The predicted octanol–water partition coefficient (Wildman–Crippen LogP) is 4.80. The largest absolute Gasteiger partial charge is 0.284 e. The van der Waals surface area contributed by atoms with Crippen LogP contribution in [0.3, 0.4) is 0 Å². The fraction of sp³-hybridized carbons (Fsp3) is 0.154. The topological polar surface area (TPSA) is 44.0 Å². The summed E-state index contributed by atoms with van der Waals surface area (Å²) in [7, 11) is 0. The third kappa shape index (κ3) is 5.03. The average Bonchev–Trinajstić information content (AvgIpc) is 2.81. The van der Waals surface area contributed by atoms with Gasteiger partial charge in [-0.1, -0.05) is 62.4 Å². The molecule has 0 saturated heterocycles. The summed E-state index contributed by atoms with van der Waals surface area (Å²) >= 11 is 0. The first-order valence-corrected chi connectivity index (χ1v) is 10.2. The van der Waals surface area contributed by atoms with Crippen molar-refractivity contribution in [3.63, 3.8) is 0 Å². The minimum atomic E-state index is 0.0124. The zero-order chi connectivity index (χ0) is 21.3. The first-order chi connectivity index (χ1) is 14.6. The van der Waals surface area contributed by atoms with Crippen LogP contribution in [0.5, 0.6) is 0 Å². The van der Waals surface area contributed by atoms with Crippen molar-refractivity contribution < 1.29 is 0 Å². The molecular formula is C26H26N2O2. The fourth-order valence-corrected chi connectivity index (χ4v) is 3.13. The number of rotatable bonds is 4. The molecule has 0 aliphatic carbocycles. The summed E-state index contributed by atoms with van der Waals surface area (Å²) in [4.78, 5) is 23.6. The molecule has 0 radical (unpaired) electrons. The highest BCUT2D eigenvalue weighted by atomic mass is 16.1. The quantitative estimate of drug-likeness (QED) is 0.496. The number of aromatic nitrogens is 2. The van der Waals surface area contributed by atoms with Crippen LogP contribution in [-0.2, 0) is 12.8 Å². The van der Waals surface area contributed by atoms with Crippen molar-refractivity contribution >= 4 is 0 Å². The number of nitrogens with zero attached hydrogens (tertiary/aromatic N) is 2. The Morgan fingerprint density at radius 1 is 0.633 bits per heavy atom. The van der Waals surface area contributed by atoms with Gasteiger partial charge in [0.15, 0.2) is 0 Å². The van der Waals surface area contributed by atoms with Crippen molar-refractivity contribution in [3.05, 3.63) is 129 Å². The van der Waals surface area contributed by atoms with Gasteiger partial charge in [-0.2, -0.15) is 0 Å². The summed E-state index contributed by atoms with van der Waals surface area (Å²) in [5.74, 6) is 0. The highest BCUT2D eigenvalue weighted by Crippen LogP contribution is 2.06. The summed E-state index contributed by atoms with van der Waals surface area (Å²) in [5.41, 5.74) is 3.93. The zero-order valence-corrected chi connectivity index (χ0v) is 17.4. The number of benzene rings is 2. The SMILES string of the molecule is CCc1ccc(=O)n(-c2ccccc2)c1.CCc1cccn(-c2ccccc2)c1=O. The van der Waals surface area contributed by atoms with Gasteiger partial charge in [0.2, 0.25) is 0 Å². The van der Waals surface area contributed by atoms with E-state index < -0.39 is 0 Å². The van der Waals surface area contributed by atoms with Crippen LogP contribution in [0.15, 0.2) is 107 Å². The van der Waals surface area contributed by atoms with Gasteiger partial charge in [-0.25, -0.2) is 0 Å². The molecule has 152 valence electrons. The maximum Gasteiger partial charge on any atom is 0.258 e. The Labute approximate surface area is 176 Å². The molecule has 4 aromatic rings. The number of pyridine rings is 2. The van der Waals surface area contributed by atoms with Crippen LogP contribution in [0.2, 0.25) is 0 Å². The van der Waals surface area contributed by atoms with Gasteiger partial charge in [0, 0.05) is 35.4 Å². The second-order valence-electron chi connectivity index (χ2n) is 6.83. The van der Waals surface area contributed by atoms with Crippen LogP contribution < -0.4 is 11.1 Å². The van der Waals surface area contributed by atoms with Crippen molar-refractivity contribution in [1.82, 2.24) is 9.13 Å². The summed E-state index contributed by atoms with van der Waals surface area (Å²) < 4.78 is 3.36. The lowest BCUT2D eigenvalue weighted by atomic mass is 10.2. The monoisotopic (exact) mass is 398 g/mol. The minimum absolute atomic E-state index is 0.0124. The van der Waals surface area contributed by atoms with E-state index in [-0.39, 0.29) is 11.1 Å². The van der Waals surface area contributed by atoms with Crippen LogP contribution in [0.4, 0.5) is 0 Å². The van der Waals surface area contributed by atoms with Crippen molar-refractivity contribution in [2.75, 3.05) is 0 Å². The summed E-state index contributed by atoms with van der Waals surface area (Å²) in [6.07, 6.45) is 5.41. The Morgan fingerprint density at radius 3 is 1.80 bits per heavy atom. The van der Waals surface area contributed by atoms with E-state index in [0.29, 0.717) is 0 Å². The Kier molecular flexibility index (Phi) is 7.17. The standard InChI is InChI=1S/2C13H13NO/c1-2-11-7-6-10-14(13(11)15)12-8-4-3-5-9-12;1-2-11-8-9-13(15)14(10-11)12-6-4-3-5-7-12/h2*3-10H,2H2,1H3. The third-order valence-electron chi connectivity index (χ3n) is 4.86. The summed E-state index contributed by atoms with van der Waals surface area (Å²) in [6, 6.07) is 26.6.